The van der Waals surface area contributed by atoms with Crippen LogP contribution in [0, 0.1) is 0 Å². The van der Waals surface area contributed by atoms with Crippen molar-refractivity contribution in [2.45, 2.75) is 13.2 Å². The lowest BCUT2D eigenvalue weighted by Gasteiger charge is -2.19. The summed E-state index contributed by atoms with van der Waals surface area (Å²) in [6, 6.07) is 10.9. The second-order valence-corrected chi connectivity index (χ2v) is 5.24. The summed E-state index contributed by atoms with van der Waals surface area (Å²) in [5, 5.41) is 0. The van der Waals surface area contributed by atoms with Gasteiger partial charge in [0.1, 0.15) is 17.2 Å². The Balaban J connectivity index is 2.10. The molecule has 0 unspecified atom stereocenters. The molecule has 0 atom stereocenters. The van der Waals surface area contributed by atoms with Crippen LogP contribution in [0.1, 0.15) is 15.9 Å². The van der Waals surface area contributed by atoms with E-state index < -0.39 is 6.61 Å². The zero-order valence-corrected chi connectivity index (χ0v) is 14.2. The van der Waals surface area contributed by atoms with E-state index in [9.17, 15) is 13.6 Å². The lowest BCUT2D eigenvalue weighted by Crippen LogP contribution is -2.26. The SMILES string of the molecule is COc1ccc(CN(C)C(=O)c2ccc(OC(F)F)cc2)c(OC)c1. The third kappa shape index (κ3) is 4.82. The minimum atomic E-state index is -2.90. The van der Waals surface area contributed by atoms with Crippen LogP contribution in [-0.4, -0.2) is 38.7 Å². The molecule has 0 aliphatic rings. The van der Waals surface area contributed by atoms with Gasteiger partial charge in [-0.2, -0.15) is 8.78 Å². The van der Waals surface area contributed by atoms with Crippen LogP contribution in [0.4, 0.5) is 8.78 Å². The van der Waals surface area contributed by atoms with Crippen molar-refractivity contribution >= 4 is 5.91 Å². The molecule has 5 nitrogen and oxygen atoms in total. The van der Waals surface area contributed by atoms with E-state index >= 15 is 0 Å². The molecule has 2 aromatic rings. The Hall–Kier alpha value is -2.83. The van der Waals surface area contributed by atoms with Crippen molar-refractivity contribution < 1.29 is 27.8 Å². The van der Waals surface area contributed by atoms with E-state index in [1.54, 1.807) is 33.4 Å². The summed E-state index contributed by atoms with van der Waals surface area (Å²) in [6.45, 7) is -2.58. The summed E-state index contributed by atoms with van der Waals surface area (Å²) in [5.41, 5.74) is 1.19. The summed E-state index contributed by atoms with van der Waals surface area (Å²) >= 11 is 0. The topological polar surface area (TPSA) is 48.0 Å². The first-order valence-electron chi connectivity index (χ1n) is 7.46. The monoisotopic (exact) mass is 351 g/mol. The van der Waals surface area contributed by atoms with Crippen molar-refractivity contribution in [2.75, 3.05) is 21.3 Å². The normalized spacial score (nSPS) is 10.5. The van der Waals surface area contributed by atoms with E-state index in [1.165, 1.54) is 29.2 Å². The Morgan fingerprint density at radius 1 is 1.04 bits per heavy atom. The number of hydrogen-bond acceptors (Lipinski definition) is 4. The van der Waals surface area contributed by atoms with Gasteiger partial charge >= 0.3 is 6.61 Å². The second-order valence-electron chi connectivity index (χ2n) is 5.24. The number of nitrogens with zero attached hydrogens (tertiary/aromatic N) is 1. The number of carbonyl (C=O) groups is 1. The lowest BCUT2D eigenvalue weighted by molar-refractivity contribution is -0.0498. The predicted octanol–water partition coefficient (Wildman–Crippen LogP) is 3.58. The molecular formula is C18H19F2NO4. The van der Waals surface area contributed by atoms with E-state index in [0.29, 0.717) is 23.6 Å². The number of hydrogen-bond donors (Lipinski definition) is 0. The zero-order chi connectivity index (χ0) is 18.4. The second kappa shape index (κ2) is 8.32. The van der Waals surface area contributed by atoms with E-state index in [-0.39, 0.29) is 11.7 Å². The smallest absolute Gasteiger partial charge is 0.387 e. The minimum Gasteiger partial charge on any atom is -0.497 e. The number of ether oxygens (including phenoxy) is 3. The Bertz CT molecular complexity index is 720. The Morgan fingerprint density at radius 3 is 2.24 bits per heavy atom. The molecule has 7 heteroatoms. The summed E-state index contributed by atoms with van der Waals surface area (Å²) in [5.74, 6) is 1.02. The average Bonchev–Trinajstić information content (AvgIpc) is 2.61. The fraction of sp³-hybridized carbons (Fsp3) is 0.278. The van der Waals surface area contributed by atoms with Crippen molar-refractivity contribution in [2.24, 2.45) is 0 Å². The number of alkyl halides is 2. The van der Waals surface area contributed by atoms with Crippen molar-refractivity contribution in [1.29, 1.82) is 0 Å². The van der Waals surface area contributed by atoms with Crippen LogP contribution in [0.15, 0.2) is 42.5 Å². The van der Waals surface area contributed by atoms with Crippen LogP contribution < -0.4 is 14.2 Å². The van der Waals surface area contributed by atoms with Gasteiger partial charge in [0.25, 0.3) is 5.91 Å². The first-order chi connectivity index (χ1) is 11.9. The lowest BCUT2D eigenvalue weighted by atomic mass is 10.1. The number of amides is 1. The molecule has 0 spiro atoms. The molecule has 0 aliphatic carbocycles. The molecule has 2 aromatic carbocycles. The zero-order valence-electron chi connectivity index (χ0n) is 14.2. The summed E-state index contributed by atoms with van der Waals surface area (Å²) in [6.07, 6.45) is 0. The van der Waals surface area contributed by atoms with Crippen LogP contribution in [-0.2, 0) is 6.54 Å². The maximum atomic E-state index is 12.5. The molecule has 2 rings (SSSR count). The number of methoxy groups -OCH3 is 2. The number of benzene rings is 2. The maximum Gasteiger partial charge on any atom is 0.387 e. The third-order valence-electron chi connectivity index (χ3n) is 3.57. The third-order valence-corrected chi connectivity index (χ3v) is 3.57. The highest BCUT2D eigenvalue weighted by molar-refractivity contribution is 5.94. The maximum absolute atomic E-state index is 12.5. The molecule has 0 bridgehead atoms. The molecule has 0 radical (unpaired) electrons. The van der Waals surface area contributed by atoms with Crippen LogP contribution >= 0.6 is 0 Å². The minimum absolute atomic E-state index is 0.00558. The van der Waals surface area contributed by atoms with Gasteiger partial charge in [-0.05, 0) is 36.4 Å². The van der Waals surface area contributed by atoms with Crippen molar-refractivity contribution in [1.82, 2.24) is 4.90 Å². The first kappa shape index (κ1) is 18.5. The fourth-order valence-electron chi connectivity index (χ4n) is 2.31. The number of halogens is 2. The molecule has 0 saturated heterocycles. The summed E-state index contributed by atoms with van der Waals surface area (Å²) in [7, 11) is 4.75. The number of rotatable bonds is 7. The van der Waals surface area contributed by atoms with Crippen LogP contribution in [0.3, 0.4) is 0 Å². The fourth-order valence-corrected chi connectivity index (χ4v) is 2.31. The van der Waals surface area contributed by atoms with Gasteiger partial charge in [-0.15, -0.1) is 0 Å². The summed E-state index contributed by atoms with van der Waals surface area (Å²) < 4.78 is 39.1. The van der Waals surface area contributed by atoms with Gasteiger partial charge in [-0.25, -0.2) is 0 Å². The molecule has 1 amide bonds. The molecule has 0 heterocycles. The summed E-state index contributed by atoms with van der Waals surface area (Å²) in [4.78, 5) is 14.0. The van der Waals surface area contributed by atoms with Crippen LogP contribution in [0.25, 0.3) is 0 Å². The van der Waals surface area contributed by atoms with Gasteiger partial charge < -0.3 is 19.1 Å². The highest BCUT2D eigenvalue weighted by atomic mass is 19.3. The van der Waals surface area contributed by atoms with Gasteiger partial charge in [0.2, 0.25) is 0 Å². The van der Waals surface area contributed by atoms with E-state index in [1.807, 2.05) is 6.07 Å². The van der Waals surface area contributed by atoms with Crippen molar-refractivity contribution in [3.63, 3.8) is 0 Å². The molecule has 25 heavy (non-hydrogen) atoms. The molecule has 0 fully saturated rings. The highest BCUT2D eigenvalue weighted by Crippen LogP contribution is 2.26. The molecule has 0 saturated carbocycles. The Kier molecular flexibility index (Phi) is 6.16. The van der Waals surface area contributed by atoms with Gasteiger partial charge in [0.15, 0.2) is 0 Å². The molecule has 0 N–H and O–H groups in total. The van der Waals surface area contributed by atoms with Gasteiger partial charge in [-0.1, -0.05) is 0 Å². The molecule has 134 valence electrons. The standard InChI is InChI=1S/C18H19F2NO4/c1-21(11-13-6-9-15(23-2)10-16(13)24-3)17(22)12-4-7-14(8-5-12)25-18(19)20/h4-10,18H,11H2,1-3H3. The van der Waals surface area contributed by atoms with Gasteiger partial charge in [0.05, 0.1) is 14.2 Å². The van der Waals surface area contributed by atoms with E-state index in [0.717, 1.165) is 5.56 Å². The molecule has 0 aromatic heterocycles. The first-order valence-corrected chi connectivity index (χ1v) is 7.46. The largest absolute Gasteiger partial charge is 0.497 e. The van der Waals surface area contributed by atoms with Crippen LogP contribution in [0.5, 0.6) is 17.2 Å². The Labute approximate surface area is 144 Å². The molecular weight excluding hydrogens is 332 g/mol. The molecule has 0 aliphatic heterocycles. The van der Waals surface area contributed by atoms with Gasteiger partial charge in [-0.3, -0.25) is 4.79 Å². The van der Waals surface area contributed by atoms with E-state index in [4.69, 9.17) is 9.47 Å². The highest BCUT2D eigenvalue weighted by Gasteiger charge is 2.15. The van der Waals surface area contributed by atoms with Crippen molar-refractivity contribution in [3.8, 4) is 17.2 Å². The predicted molar refractivity (Wildman–Crippen MR) is 88.4 cm³/mol. The van der Waals surface area contributed by atoms with Crippen molar-refractivity contribution in [3.05, 3.63) is 53.6 Å². The Morgan fingerprint density at radius 2 is 1.68 bits per heavy atom. The quantitative estimate of drug-likeness (QED) is 0.765. The number of carbonyl (C=O) groups excluding carboxylic acids is 1. The van der Waals surface area contributed by atoms with Gasteiger partial charge in [0, 0.05) is 30.8 Å². The average molecular weight is 351 g/mol. The van der Waals surface area contributed by atoms with E-state index in [2.05, 4.69) is 4.74 Å². The van der Waals surface area contributed by atoms with Crippen LogP contribution in [0.2, 0.25) is 0 Å².